The normalized spacial score (nSPS) is 19.7. The van der Waals surface area contributed by atoms with Crippen LogP contribution in [0.4, 0.5) is 0 Å². The molecule has 0 heterocycles. The van der Waals surface area contributed by atoms with E-state index in [1.807, 2.05) is 50.3 Å². The molecular formula is C33H46O2. The van der Waals surface area contributed by atoms with Crippen LogP contribution in [-0.2, 0) is 4.79 Å². The van der Waals surface area contributed by atoms with Crippen LogP contribution in [0, 0.1) is 5.41 Å². The Kier molecular flexibility index (Phi) is 13.3. The third kappa shape index (κ3) is 12.5. The molecule has 2 heteroatoms. The third-order valence-corrected chi connectivity index (χ3v) is 6.33. The molecule has 0 fully saturated rings. The first-order chi connectivity index (χ1) is 16.4. The predicted molar refractivity (Wildman–Crippen MR) is 153 cm³/mol. The van der Waals surface area contributed by atoms with Crippen LogP contribution in [-0.4, -0.2) is 17.0 Å². The van der Waals surface area contributed by atoms with Crippen molar-refractivity contribution >= 4 is 5.78 Å². The van der Waals surface area contributed by atoms with Gasteiger partial charge in [-0.25, -0.2) is 0 Å². The number of carbonyl (C=O) groups is 1. The van der Waals surface area contributed by atoms with Crippen LogP contribution in [0.1, 0.15) is 81.1 Å². The summed E-state index contributed by atoms with van der Waals surface area (Å²) in [5, 5.41) is 9.91. The molecular weight excluding hydrogens is 428 g/mol. The Morgan fingerprint density at radius 2 is 1.37 bits per heavy atom. The number of carbonyl (C=O) groups excluding carboxylic acids is 1. The van der Waals surface area contributed by atoms with Crippen LogP contribution in [0.5, 0.6) is 0 Å². The van der Waals surface area contributed by atoms with Crippen LogP contribution < -0.4 is 0 Å². The van der Waals surface area contributed by atoms with E-state index in [2.05, 4.69) is 71.1 Å². The highest BCUT2D eigenvalue weighted by Gasteiger charge is 2.26. The molecule has 0 bridgehead atoms. The fourth-order valence-electron chi connectivity index (χ4n) is 4.05. The van der Waals surface area contributed by atoms with Crippen molar-refractivity contribution in [3.8, 4) is 0 Å². The van der Waals surface area contributed by atoms with E-state index in [1.165, 1.54) is 48.5 Å². The molecule has 1 aliphatic carbocycles. The average molecular weight is 475 g/mol. The summed E-state index contributed by atoms with van der Waals surface area (Å²) in [7, 11) is 0. The minimum atomic E-state index is -0.706. The van der Waals surface area contributed by atoms with Crippen molar-refractivity contribution < 1.29 is 9.90 Å². The van der Waals surface area contributed by atoms with E-state index in [4.69, 9.17) is 0 Å². The first kappa shape index (κ1) is 30.3. The Hall–Kier alpha value is -2.71. The summed E-state index contributed by atoms with van der Waals surface area (Å²) in [6.07, 6.45) is 28.1. The molecule has 1 unspecified atom stereocenters. The number of allylic oxidation sites excluding steroid dienone is 17. The molecule has 0 amide bonds. The Bertz CT molecular complexity index is 998. The van der Waals surface area contributed by atoms with Gasteiger partial charge in [0.25, 0.3) is 0 Å². The van der Waals surface area contributed by atoms with Gasteiger partial charge in [-0.1, -0.05) is 109 Å². The van der Waals surface area contributed by atoms with E-state index >= 15 is 0 Å². The minimum Gasteiger partial charge on any atom is -0.388 e. The van der Waals surface area contributed by atoms with Crippen LogP contribution >= 0.6 is 0 Å². The van der Waals surface area contributed by atoms with E-state index in [1.54, 1.807) is 0 Å². The number of hydrogen-bond donors (Lipinski definition) is 1. The van der Waals surface area contributed by atoms with E-state index in [0.717, 1.165) is 11.1 Å². The van der Waals surface area contributed by atoms with Crippen molar-refractivity contribution in [3.63, 3.8) is 0 Å². The molecule has 190 valence electrons. The van der Waals surface area contributed by atoms with Gasteiger partial charge in [0.05, 0.1) is 6.10 Å². The van der Waals surface area contributed by atoms with Crippen molar-refractivity contribution in [2.45, 2.75) is 87.2 Å². The van der Waals surface area contributed by atoms with Crippen molar-refractivity contribution in [1.29, 1.82) is 0 Å². The lowest BCUT2D eigenvalue weighted by atomic mass is 9.72. The molecule has 35 heavy (non-hydrogen) atoms. The van der Waals surface area contributed by atoms with Gasteiger partial charge in [-0.2, -0.15) is 0 Å². The summed E-state index contributed by atoms with van der Waals surface area (Å²) in [6, 6.07) is 0. The zero-order valence-corrected chi connectivity index (χ0v) is 23.2. The summed E-state index contributed by atoms with van der Waals surface area (Å²) < 4.78 is 0. The maximum absolute atomic E-state index is 11.1. The van der Waals surface area contributed by atoms with Crippen molar-refractivity contribution in [3.05, 3.63) is 106 Å². The molecule has 0 aromatic heterocycles. The summed E-state index contributed by atoms with van der Waals surface area (Å²) in [6.45, 7) is 16.6. The quantitative estimate of drug-likeness (QED) is 0.304. The predicted octanol–water partition coefficient (Wildman–Crippen LogP) is 8.86. The third-order valence-electron chi connectivity index (χ3n) is 6.33. The number of ketones is 1. The van der Waals surface area contributed by atoms with E-state index < -0.39 is 6.10 Å². The number of aliphatic hydroxyl groups is 1. The smallest absolute Gasteiger partial charge is 0.132 e. The lowest BCUT2D eigenvalue weighted by Gasteiger charge is -2.32. The van der Waals surface area contributed by atoms with Gasteiger partial charge in [0.15, 0.2) is 0 Å². The fourth-order valence-corrected chi connectivity index (χ4v) is 4.05. The second-order valence-corrected chi connectivity index (χ2v) is 10.4. The SMILES string of the molecule is CC(=O)CC(O)C(C)=CC=CC(C)=CC=CC=C(C)C=CC=C(C)C=CC1=C(C)CCCC1(C)C. The van der Waals surface area contributed by atoms with Gasteiger partial charge in [-0.3, -0.25) is 4.79 Å². The second kappa shape index (κ2) is 15.3. The molecule has 2 nitrogen and oxygen atoms in total. The molecule has 0 radical (unpaired) electrons. The molecule has 1 aliphatic rings. The zero-order valence-electron chi connectivity index (χ0n) is 23.2. The molecule has 0 aromatic carbocycles. The monoisotopic (exact) mass is 474 g/mol. The Morgan fingerprint density at radius 1 is 0.857 bits per heavy atom. The van der Waals surface area contributed by atoms with Gasteiger partial charge in [0.2, 0.25) is 0 Å². The van der Waals surface area contributed by atoms with Gasteiger partial charge < -0.3 is 5.11 Å². The summed E-state index contributed by atoms with van der Waals surface area (Å²) >= 11 is 0. The largest absolute Gasteiger partial charge is 0.388 e. The molecule has 0 aromatic rings. The molecule has 1 rings (SSSR count). The Morgan fingerprint density at radius 3 is 1.91 bits per heavy atom. The lowest BCUT2D eigenvalue weighted by Crippen LogP contribution is -2.19. The number of aliphatic hydroxyl groups excluding tert-OH is 1. The maximum Gasteiger partial charge on any atom is 0.132 e. The van der Waals surface area contributed by atoms with Crippen molar-refractivity contribution in [2.75, 3.05) is 0 Å². The first-order valence-electron chi connectivity index (χ1n) is 12.7. The van der Waals surface area contributed by atoms with E-state index in [9.17, 15) is 9.90 Å². The van der Waals surface area contributed by atoms with Crippen LogP contribution in [0.2, 0.25) is 0 Å². The highest BCUT2D eigenvalue weighted by molar-refractivity contribution is 5.76. The minimum absolute atomic E-state index is 0.0108. The van der Waals surface area contributed by atoms with Crippen molar-refractivity contribution in [1.82, 2.24) is 0 Å². The summed E-state index contributed by atoms with van der Waals surface area (Å²) in [4.78, 5) is 11.1. The van der Waals surface area contributed by atoms with E-state index in [-0.39, 0.29) is 17.6 Å². The summed E-state index contributed by atoms with van der Waals surface area (Å²) in [5.74, 6) is -0.0108. The molecule has 0 spiro atoms. The van der Waals surface area contributed by atoms with Gasteiger partial charge in [0, 0.05) is 6.42 Å². The standard InChI is InChI=1S/C33H46O2/c1-25(14-9-10-15-26(2)18-12-19-29(5)32(35)24-30(6)34)16-11-17-27(3)21-22-31-28(4)20-13-23-33(31,7)8/h9-12,14-19,21-22,32,35H,13,20,23-24H2,1-8H3. The van der Waals surface area contributed by atoms with Crippen molar-refractivity contribution in [2.24, 2.45) is 5.41 Å². The Balaban J connectivity index is 2.63. The van der Waals surface area contributed by atoms with Crippen LogP contribution in [0.25, 0.3) is 0 Å². The molecule has 0 saturated carbocycles. The summed E-state index contributed by atoms with van der Waals surface area (Å²) in [5.41, 5.74) is 7.62. The Labute approximate surface area is 214 Å². The highest BCUT2D eigenvalue weighted by atomic mass is 16.3. The molecule has 0 aliphatic heterocycles. The van der Waals surface area contributed by atoms with Gasteiger partial charge in [-0.15, -0.1) is 0 Å². The van der Waals surface area contributed by atoms with E-state index in [0.29, 0.717) is 0 Å². The lowest BCUT2D eigenvalue weighted by molar-refractivity contribution is -0.118. The van der Waals surface area contributed by atoms with Gasteiger partial charge in [-0.05, 0) is 77.4 Å². The fraction of sp³-hybridized carbons (Fsp3) is 0.424. The maximum atomic E-state index is 11.1. The second-order valence-electron chi connectivity index (χ2n) is 10.4. The first-order valence-corrected chi connectivity index (χ1v) is 12.7. The topological polar surface area (TPSA) is 37.3 Å². The molecule has 0 saturated heterocycles. The average Bonchev–Trinajstić information content (AvgIpc) is 2.75. The van der Waals surface area contributed by atoms with Crippen LogP contribution in [0.3, 0.4) is 0 Å². The number of hydrogen-bond acceptors (Lipinski definition) is 2. The molecule has 1 atom stereocenters. The zero-order chi connectivity index (χ0) is 26.4. The number of rotatable bonds is 11. The van der Waals surface area contributed by atoms with Crippen LogP contribution in [0.15, 0.2) is 106 Å². The van der Waals surface area contributed by atoms with Gasteiger partial charge >= 0.3 is 0 Å². The number of Topliss-reactive ketones (excluding diaryl/α,β-unsaturated/α-hetero) is 1. The highest BCUT2D eigenvalue weighted by Crippen LogP contribution is 2.40. The molecule has 1 N–H and O–H groups in total. The van der Waals surface area contributed by atoms with Gasteiger partial charge in [0.1, 0.15) is 5.78 Å².